The van der Waals surface area contributed by atoms with Gasteiger partial charge in [0, 0.05) is 12.3 Å². The normalized spacial score (nSPS) is 11.9. The highest BCUT2D eigenvalue weighted by Gasteiger charge is 2.11. The molecule has 0 aliphatic heterocycles. The summed E-state index contributed by atoms with van der Waals surface area (Å²) in [6, 6.07) is 5.14. The summed E-state index contributed by atoms with van der Waals surface area (Å²) in [5, 5.41) is 11.3. The second kappa shape index (κ2) is 8.55. The molecular weight excluding hydrogens is 283 g/mol. The molecule has 0 unspecified atom stereocenters. The van der Waals surface area contributed by atoms with Crippen LogP contribution in [0.2, 0.25) is 0 Å². The third kappa shape index (κ3) is 6.53. The van der Waals surface area contributed by atoms with E-state index in [9.17, 15) is 14.0 Å². The maximum absolute atomic E-state index is 12.7. The van der Waals surface area contributed by atoms with Crippen LogP contribution in [0.25, 0.3) is 0 Å². The lowest BCUT2D eigenvalue weighted by atomic mass is 10.1. The van der Waals surface area contributed by atoms with E-state index in [0.717, 1.165) is 5.56 Å². The number of carboxylic acid groups (broad SMARTS) is 1. The maximum atomic E-state index is 12.7. The van der Waals surface area contributed by atoms with Gasteiger partial charge < -0.3 is 16.2 Å². The van der Waals surface area contributed by atoms with Crippen molar-refractivity contribution in [1.29, 1.82) is 0 Å². The molecule has 0 radical (unpaired) electrons. The van der Waals surface area contributed by atoms with Crippen LogP contribution in [0.3, 0.4) is 0 Å². The number of carbonyl (C=O) groups is 2. The number of hydrogen-bond donors (Lipinski definition) is 3. The number of benzene rings is 1. The van der Waals surface area contributed by atoms with Crippen LogP contribution in [-0.2, 0) is 16.0 Å². The van der Waals surface area contributed by atoms with E-state index in [1.54, 1.807) is 12.1 Å². The zero-order valence-electron chi connectivity index (χ0n) is 10.8. The maximum Gasteiger partial charge on any atom is 0.321 e. The highest BCUT2D eigenvalue weighted by molar-refractivity contribution is 8.00. The zero-order chi connectivity index (χ0) is 15.0. The molecule has 110 valence electrons. The third-order valence-corrected chi connectivity index (χ3v) is 3.56. The van der Waals surface area contributed by atoms with Crippen molar-refractivity contribution in [2.24, 2.45) is 5.73 Å². The molecule has 1 amide bonds. The summed E-state index contributed by atoms with van der Waals surface area (Å²) in [4.78, 5) is 21.9. The summed E-state index contributed by atoms with van der Waals surface area (Å²) in [5.74, 6) is -1.17. The third-order valence-electron chi connectivity index (χ3n) is 2.50. The van der Waals surface area contributed by atoms with Crippen LogP contribution in [0, 0.1) is 5.82 Å². The molecular formula is C13H17FN2O3S. The molecule has 0 saturated heterocycles. The molecule has 1 aromatic rings. The van der Waals surface area contributed by atoms with Gasteiger partial charge in [0.2, 0.25) is 5.91 Å². The molecule has 0 saturated carbocycles. The lowest BCUT2D eigenvalue weighted by molar-refractivity contribution is -0.138. The van der Waals surface area contributed by atoms with Crippen molar-refractivity contribution in [3.8, 4) is 0 Å². The second-order valence-electron chi connectivity index (χ2n) is 4.19. The Balaban J connectivity index is 2.14. The smallest absolute Gasteiger partial charge is 0.321 e. The van der Waals surface area contributed by atoms with E-state index in [0.29, 0.717) is 13.0 Å². The summed E-state index contributed by atoms with van der Waals surface area (Å²) in [5.41, 5.74) is 6.25. The van der Waals surface area contributed by atoms with E-state index in [-0.39, 0.29) is 23.2 Å². The predicted molar refractivity (Wildman–Crippen MR) is 76.0 cm³/mol. The van der Waals surface area contributed by atoms with Gasteiger partial charge in [0.05, 0.1) is 5.75 Å². The fraction of sp³-hybridized carbons (Fsp3) is 0.385. The Labute approximate surface area is 120 Å². The highest BCUT2D eigenvalue weighted by Crippen LogP contribution is 2.03. The van der Waals surface area contributed by atoms with Crippen LogP contribution < -0.4 is 11.1 Å². The number of carbonyl (C=O) groups excluding carboxylic acids is 1. The topological polar surface area (TPSA) is 92.4 Å². The Morgan fingerprint density at radius 2 is 2.00 bits per heavy atom. The number of nitrogens with two attached hydrogens (primary N) is 1. The second-order valence-corrected chi connectivity index (χ2v) is 5.22. The molecule has 0 bridgehead atoms. The number of amides is 1. The first-order valence-electron chi connectivity index (χ1n) is 6.06. The van der Waals surface area contributed by atoms with E-state index in [1.165, 1.54) is 23.9 Å². The van der Waals surface area contributed by atoms with E-state index >= 15 is 0 Å². The summed E-state index contributed by atoms with van der Waals surface area (Å²) in [6.07, 6.45) is 0.616. The highest BCUT2D eigenvalue weighted by atomic mass is 32.2. The fourth-order valence-corrected chi connectivity index (χ4v) is 2.20. The first-order chi connectivity index (χ1) is 9.49. The molecule has 7 heteroatoms. The van der Waals surface area contributed by atoms with Crippen molar-refractivity contribution < 1.29 is 19.1 Å². The summed E-state index contributed by atoms with van der Waals surface area (Å²) in [6.45, 7) is 0.454. The first kappa shape index (κ1) is 16.5. The molecule has 1 rings (SSSR count). The molecule has 20 heavy (non-hydrogen) atoms. The first-order valence-corrected chi connectivity index (χ1v) is 7.22. The van der Waals surface area contributed by atoms with Crippen LogP contribution in [0.15, 0.2) is 24.3 Å². The van der Waals surface area contributed by atoms with Crippen molar-refractivity contribution in [3.05, 3.63) is 35.6 Å². The standard InChI is InChI=1S/C13H17FN2O3S/c14-10-3-1-9(2-4-10)5-6-16-12(17)8-20-7-11(15)13(18)19/h1-4,11H,5-8,15H2,(H,16,17)(H,18,19)/t11-/m0/s1. The minimum atomic E-state index is -1.07. The van der Waals surface area contributed by atoms with Gasteiger partial charge in [-0.2, -0.15) is 0 Å². The number of aliphatic carboxylic acids is 1. The Morgan fingerprint density at radius 1 is 1.35 bits per heavy atom. The van der Waals surface area contributed by atoms with Gasteiger partial charge in [0.1, 0.15) is 11.9 Å². The van der Waals surface area contributed by atoms with Gasteiger partial charge in [-0.05, 0) is 24.1 Å². The average molecular weight is 300 g/mol. The van der Waals surface area contributed by atoms with E-state index in [2.05, 4.69) is 5.32 Å². The van der Waals surface area contributed by atoms with Crippen LogP contribution in [0.4, 0.5) is 4.39 Å². The number of halogens is 1. The summed E-state index contributed by atoms with van der Waals surface area (Å²) in [7, 11) is 0. The van der Waals surface area contributed by atoms with Crippen LogP contribution in [0.5, 0.6) is 0 Å². The molecule has 1 aromatic carbocycles. The van der Waals surface area contributed by atoms with Gasteiger partial charge in [-0.25, -0.2) is 4.39 Å². The van der Waals surface area contributed by atoms with Crippen LogP contribution in [-0.4, -0.2) is 41.1 Å². The molecule has 0 fully saturated rings. The van der Waals surface area contributed by atoms with Gasteiger partial charge in [0.25, 0.3) is 0 Å². The molecule has 0 spiro atoms. The van der Waals surface area contributed by atoms with Gasteiger partial charge in [-0.1, -0.05) is 12.1 Å². The Morgan fingerprint density at radius 3 is 2.60 bits per heavy atom. The van der Waals surface area contributed by atoms with Gasteiger partial charge in [-0.3, -0.25) is 9.59 Å². The van der Waals surface area contributed by atoms with E-state index < -0.39 is 12.0 Å². The molecule has 5 nitrogen and oxygen atoms in total. The summed E-state index contributed by atoms with van der Waals surface area (Å²) >= 11 is 1.18. The molecule has 4 N–H and O–H groups in total. The van der Waals surface area contributed by atoms with E-state index in [4.69, 9.17) is 10.8 Å². The average Bonchev–Trinajstić information content (AvgIpc) is 2.40. The quantitative estimate of drug-likeness (QED) is 0.655. The van der Waals surface area contributed by atoms with Crippen molar-refractivity contribution in [1.82, 2.24) is 5.32 Å². The molecule has 0 aliphatic carbocycles. The lowest BCUT2D eigenvalue weighted by Crippen LogP contribution is -2.33. The monoisotopic (exact) mass is 300 g/mol. The predicted octanol–water partition coefficient (Wildman–Crippen LogP) is 0.629. The van der Waals surface area contributed by atoms with Crippen molar-refractivity contribution >= 4 is 23.6 Å². The number of rotatable bonds is 8. The van der Waals surface area contributed by atoms with Gasteiger partial charge in [-0.15, -0.1) is 11.8 Å². The Hall–Kier alpha value is -1.60. The fourth-order valence-electron chi connectivity index (χ4n) is 1.40. The minimum absolute atomic E-state index is 0.171. The number of thioether (sulfide) groups is 1. The van der Waals surface area contributed by atoms with Crippen molar-refractivity contribution in [3.63, 3.8) is 0 Å². The van der Waals surface area contributed by atoms with Gasteiger partial charge >= 0.3 is 5.97 Å². The van der Waals surface area contributed by atoms with Gasteiger partial charge in [0.15, 0.2) is 0 Å². The van der Waals surface area contributed by atoms with Crippen LogP contribution >= 0.6 is 11.8 Å². The molecule has 0 heterocycles. The number of carboxylic acids is 1. The largest absolute Gasteiger partial charge is 0.480 e. The number of hydrogen-bond acceptors (Lipinski definition) is 4. The Kier molecular flexibility index (Phi) is 7.03. The van der Waals surface area contributed by atoms with Crippen LogP contribution in [0.1, 0.15) is 5.56 Å². The minimum Gasteiger partial charge on any atom is -0.480 e. The molecule has 1 atom stereocenters. The van der Waals surface area contributed by atoms with Crippen molar-refractivity contribution in [2.75, 3.05) is 18.1 Å². The zero-order valence-corrected chi connectivity index (χ0v) is 11.7. The molecule has 0 aliphatic rings. The van der Waals surface area contributed by atoms with E-state index in [1.807, 2.05) is 0 Å². The number of nitrogens with one attached hydrogen (secondary N) is 1. The SMILES string of the molecule is N[C@@H](CSCC(=O)NCCc1ccc(F)cc1)C(=O)O. The van der Waals surface area contributed by atoms with Crippen molar-refractivity contribution in [2.45, 2.75) is 12.5 Å². The lowest BCUT2D eigenvalue weighted by Gasteiger charge is -2.07. The summed E-state index contributed by atoms with van der Waals surface area (Å²) < 4.78 is 12.7. The Bertz CT molecular complexity index is 453. The molecule has 0 aromatic heterocycles.